The van der Waals surface area contributed by atoms with Crippen molar-refractivity contribution in [1.82, 2.24) is 9.78 Å². The molecule has 1 aromatic heterocycles. The Kier molecular flexibility index (Phi) is 5.22. The van der Waals surface area contributed by atoms with Crippen LogP contribution >= 0.6 is 0 Å². The van der Waals surface area contributed by atoms with Gasteiger partial charge in [-0.3, -0.25) is 0 Å². The number of phenols is 2. The summed E-state index contributed by atoms with van der Waals surface area (Å²) in [6.07, 6.45) is 0. The van der Waals surface area contributed by atoms with Gasteiger partial charge in [-0.25, -0.2) is 9.48 Å². The predicted octanol–water partition coefficient (Wildman–Crippen LogP) is 5.61. The van der Waals surface area contributed by atoms with Gasteiger partial charge in [-0.05, 0) is 41.3 Å². The molecule has 32 heavy (non-hydrogen) atoms. The molecular formula is C26H24N2O4. The minimum atomic E-state index is -1.14. The number of carboxylic acids is 1. The number of carboxylic acid groups (broad SMARTS) is 1. The van der Waals surface area contributed by atoms with Gasteiger partial charge in [0.15, 0.2) is 11.5 Å². The number of benzene rings is 3. The van der Waals surface area contributed by atoms with E-state index in [4.69, 9.17) is 0 Å². The second-order valence-electron chi connectivity index (χ2n) is 8.66. The van der Waals surface area contributed by atoms with E-state index in [0.717, 1.165) is 5.56 Å². The first-order valence-electron chi connectivity index (χ1n) is 10.2. The number of aromatic carboxylic acids is 1. The van der Waals surface area contributed by atoms with Gasteiger partial charge in [-0.1, -0.05) is 63.2 Å². The average molecular weight is 428 g/mol. The minimum Gasteiger partial charge on any atom is -0.504 e. The van der Waals surface area contributed by atoms with Crippen LogP contribution in [0.25, 0.3) is 28.2 Å². The van der Waals surface area contributed by atoms with E-state index in [2.05, 4.69) is 25.9 Å². The van der Waals surface area contributed by atoms with Gasteiger partial charge in [0.25, 0.3) is 0 Å². The van der Waals surface area contributed by atoms with Crippen LogP contribution in [0, 0.1) is 0 Å². The highest BCUT2D eigenvalue weighted by atomic mass is 16.4. The Labute approximate surface area is 186 Å². The molecule has 0 bridgehead atoms. The molecule has 162 valence electrons. The highest BCUT2D eigenvalue weighted by molar-refractivity contribution is 6.02. The smallest absolute Gasteiger partial charge is 0.340 e. The van der Waals surface area contributed by atoms with Crippen LogP contribution in [-0.2, 0) is 5.41 Å². The molecule has 0 unspecified atom stereocenters. The second kappa shape index (κ2) is 7.89. The Balaban J connectivity index is 2.00. The quantitative estimate of drug-likeness (QED) is 0.367. The van der Waals surface area contributed by atoms with Crippen LogP contribution in [0.3, 0.4) is 0 Å². The van der Waals surface area contributed by atoms with Gasteiger partial charge in [-0.15, -0.1) is 0 Å². The molecule has 0 radical (unpaired) electrons. The van der Waals surface area contributed by atoms with E-state index in [1.165, 1.54) is 18.2 Å². The number of nitrogens with zero attached hydrogens (tertiary/aromatic N) is 2. The van der Waals surface area contributed by atoms with Crippen molar-refractivity contribution in [3.63, 3.8) is 0 Å². The summed E-state index contributed by atoms with van der Waals surface area (Å²) in [7, 11) is 0. The lowest BCUT2D eigenvalue weighted by atomic mass is 9.87. The van der Waals surface area contributed by atoms with Gasteiger partial charge < -0.3 is 15.3 Å². The topological polar surface area (TPSA) is 95.6 Å². The summed E-state index contributed by atoms with van der Waals surface area (Å²) in [6.45, 7) is 6.38. The summed E-state index contributed by atoms with van der Waals surface area (Å²) in [5, 5.41) is 34.5. The first-order valence-corrected chi connectivity index (χ1v) is 10.2. The highest BCUT2D eigenvalue weighted by Crippen LogP contribution is 2.37. The molecule has 0 amide bonds. The molecule has 4 aromatic rings. The van der Waals surface area contributed by atoms with E-state index >= 15 is 0 Å². The van der Waals surface area contributed by atoms with Crippen molar-refractivity contribution in [3.05, 3.63) is 83.9 Å². The van der Waals surface area contributed by atoms with Crippen molar-refractivity contribution in [1.29, 1.82) is 0 Å². The van der Waals surface area contributed by atoms with Crippen molar-refractivity contribution in [2.75, 3.05) is 0 Å². The number of hydrogen-bond donors (Lipinski definition) is 3. The van der Waals surface area contributed by atoms with Crippen LogP contribution in [0.2, 0.25) is 0 Å². The zero-order valence-corrected chi connectivity index (χ0v) is 18.1. The Morgan fingerprint density at radius 1 is 0.844 bits per heavy atom. The number of phenolic OH excluding ortho intramolecular Hbond substituents is 2. The highest BCUT2D eigenvalue weighted by Gasteiger charge is 2.27. The van der Waals surface area contributed by atoms with Gasteiger partial charge >= 0.3 is 5.97 Å². The molecule has 0 spiro atoms. The van der Waals surface area contributed by atoms with Crippen molar-refractivity contribution in [2.24, 2.45) is 0 Å². The van der Waals surface area contributed by atoms with E-state index < -0.39 is 5.97 Å². The third-order valence-electron chi connectivity index (χ3n) is 5.37. The van der Waals surface area contributed by atoms with Gasteiger partial charge in [0.1, 0.15) is 11.3 Å². The van der Waals surface area contributed by atoms with Crippen molar-refractivity contribution in [2.45, 2.75) is 26.2 Å². The van der Waals surface area contributed by atoms with Crippen LogP contribution in [0.5, 0.6) is 11.5 Å². The summed E-state index contributed by atoms with van der Waals surface area (Å²) in [5.74, 6) is -1.76. The van der Waals surface area contributed by atoms with Crippen LogP contribution in [0.4, 0.5) is 0 Å². The molecule has 0 saturated carbocycles. The normalized spacial score (nSPS) is 11.5. The molecule has 0 fully saturated rings. The maximum Gasteiger partial charge on any atom is 0.340 e. The molecule has 6 nitrogen and oxygen atoms in total. The fourth-order valence-corrected chi connectivity index (χ4v) is 3.65. The zero-order valence-electron chi connectivity index (χ0n) is 18.1. The summed E-state index contributed by atoms with van der Waals surface area (Å²) < 4.78 is 1.62. The van der Waals surface area contributed by atoms with Gasteiger partial charge in [0.2, 0.25) is 0 Å². The first-order chi connectivity index (χ1) is 15.2. The Morgan fingerprint density at radius 3 is 2.06 bits per heavy atom. The fraction of sp³-hybridized carbons (Fsp3) is 0.154. The molecule has 1 heterocycles. The van der Waals surface area contributed by atoms with E-state index in [9.17, 15) is 20.1 Å². The molecule has 6 heteroatoms. The van der Waals surface area contributed by atoms with Crippen molar-refractivity contribution >= 4 is 5.97 Å². The Bertz CT molecular complexity index is 1280. The number of rotatable bonds is 4. The number of hydrogen-bond acceptors (Lipinski definition) is 4. The predicted molar refractivity (Wildman–Crippen MR) is 123 cm³/mol. The van der Waals surface area contributed by atoms with Gasteiger partial charge in [0.05, 0.1) is 11.4 Å². The third kappa shape index (κ3) is 3.83. The summed E-state index contributed by atoms with van der Waals surface area (Å²) in [6, 6.07) is 21.2. The van der Waals surface area contributed by atoms with Crippen LogP contribution in [-0.4, -0.2) is 31.1 Å². The van der Waals surface area contributed by atoms with Crippen LogP contribution in [0.15, 0.2) is 72.8 Å². The van der Waals surface area contributed by atoms with Gasteiger partial charge in [0, 0.05) is 11.1 Å². The first kappa shape index (κ1) is 21.2. The molecule has 0 aliphatic carbocycles. The second-order valence-corrected chi connectivity index (χ2v) is 8.66. The maximum absolute atomic E-state index is 12.4. The Hall–Kier alpha value is -4.06. The van der Waals surface area contributed by atoms with E-state index in [1.807, 2.05) is 54.6 Å². The van der Waals surface area contributed by atoms with E-state index in [1.54, 1.807) is 4.68 Å². The molecule has 0 aliphatic rings. The standard InChI is InChI=1S/C26H24N2O4/c1-26(2,3)18-10-12-19(13-11-18)28-24(16-7-5-4-6-8-16)22(25(31)32)23(27-28)17-9-14-20(29)21(30)15-17/h4-15,29-30H,1-3H3,(H,31,32). The molecule has 0 atom stereocenters. The van der Waals surface area contributed by atoms with Crippen molar-refractivity contribution in [3.8, 4) is 39.7 Å². The number of aromatic nitrogens is 2. The fourth-order valence-electron chi connectivity index (χ4n) is 3.65. The lowest BCUT2D eigenvalue weighted by Crippen LogP contribution is -2.11. The Morgan fingerprint density at radius 2 is 1.50 bits per heavy atom. The van der Waals surface area contributed by atoms with E-state index in [-0.39, 0.29) is 28.2 Å². The maximum atomic E-state index is 12.4. The summed E-state index contributed by atoms with van der Waals surface area (Å²) >= 11 is 0. The lowest BCUT2D eigenvalue weighted by molar-refractivity contribution is 0.0698. The lowest BCUT2D eigenvalue weighted by Gasteiger charge is -2.19. The largest absolute Gasteiger partial charge is 0.504 e. The third-order valence-corrected chi connectivity index (χ3v) is 5.37. The molecule has 4 rings (SSSR count). The minimum absolute atomic E-state index is 0.0150. The van der Waals surface area contributed by atoms with Crippen LogP contribution < -0.4 is 0 Å². The monoisotopic (exact) mass is 428 g/mol. The molecule has 3 aromatic carbocycles. The molecule has 0 saturated heterocycles. The number of carbonyl (C=O) groups is 1. The molecular weight excluding hydrogens is 404 g/mol. The van der Waals surface area contributed by atoms with Crippen molar-refractivity contribution < 1.29 is 20.1 Å². The average Bonchev–Trinajstić information content (AvgIpc) is 3.17. The number of aromatic hydroxyl groups is 2. The SMILES string of the molecule is CC(C)(C)c1ccc(-n2nc(-c3ccc(O)c(O)c3)c(C(=O)O)c2-c2ccccc2)cc1. The summed E-state index contributed by atoms with van der Waals surface area (Å²) in [5.41, 5.74) is 3.58. The van der Waals surface area contributed by atoms with E-state index in [0.29, 0.717) is 22.5 Å². The zero-order chi connectivity index (χ0) is 23.0. The molecule has 3 N–H and O–H groups in total. The molecule has 0 aliphatic heterocycles. The summed E-state index contributed by atoms with van der Waals surface area (Å²) in [4.78, 5) is 12.4. The van der Waals surface area contributed by atoms with Gasteiger partial charge in [-0.2, -0.15) is 5.10 Å². The van der Waals surface area contributed by atoms with Crippen LogP contribution in [0.1, 0.15) is 36.7 Å².